The third-order valence-corrected chi connectivity index (χ3v) is 3.47. The average Bonchev–Trinajstić information content (AvgIpc) is 2.38. The van der Waals surface area contributed by atoms with E-state index in [9.17, 15) is 4.79 Å². The van der Waals surface area contributed by atoms with Gasteiger partial charge in [0.2, 0.25) is 5.91 Å². The molecule has 0 bridgehead atoms. The van der Waals surface area contributed by atoms with Gasteiger partial charge in [0.15, 0.2) is 5.11 Å². The summed E-state index contributed by atoms with van der Waals surface area (Å²) in [5.74, 6) is 1.13. The topological polar surface area (TPSA) is 53.2 Å². The molecule has 6 heteroatoms. The molecule has 1 aromatic carbocycles. The second-order valence-electron chi connectivity index (χ2n) is 3.73. The van der Waals surface area contributed by atoms with E-state index in [2.05, 4.69) is 47.4 Å². The van der Waals surface area contributed by atoms with E-state index in [0.717, 1.165) is 5.75 Å². The number of rotatable bonds is 4. The van der Waals surface area contributed by atoms with Gasteiger partial charge in [0.25, 0.3) is 0 Å². The SMILES string of the molecule is CNC(=S)NNC(=O)CSCc1ccc(C)cc1. The molecule has 18 heavy (non-hydrogen) atoms. The molecular weight excluding hydrogens is 266 g/mol. The molecule has 4 nitrogen and oxygen atoms in total. The molecule has 1 amide bonds. The molecule has 0 aliphatic carbocycles. The second-order valence-corrected chi connectivity index (χ2v) is 5.12. The molecule has 0 fully saturated rings. The van der Waals surface area contributed by atoms with Crippen LogP contribution in [0.2, 0.25) is 0 Å². The van der Waals surface area contributed by atoms with Crippen molar-refractivity contribution in [3.8, 4) is 0 Å². The molecule has 0 saturated heterocycles. The van der Waals surface area contributed by atoms with Crippen molar-refractivity contribution in [2.45, 2.75) is 12.7 Å². The number of carbonyl (C=O) groups is 1. The van der Waals surface area contributed by atoms with Gasteiger partial charge in [0, 0.05) is 12.8 Å². The van der Waals surface area contributed by atoms with Gasteiger partial charge in [0.1, 0.15) is 0 Å². The summed E-state index contributed by atoms with van der Waals surface area (Å²) >= 11 is 6.40. The summed E-state index contributed by atoms with van der Waals surface area (Å²) in [5, 5.41) is 3.10. The third-order valence-electron chi connectivity index (χ3n) is 2.17. The van der Waals surface area contributed by atoms with E-state index in [0.29, 0.717) is 10.9 Å². The van der Waals surface area contributed by atoms with Crippen molar-refractivity contribution in [1.29, 1.82) is 0 Å². The van der Waals surface area contributed by atoms with E-state index in [1.807, 2.05) is 0 Å². The van der Waals surface area contributed by atoms with Crippen molar-refractivity contribution in [2.24, 2.45) is 0 Å². The molecular formula is C12H17N3OS2. The number of thiocarbonyl (C=S) groups is 1. The molecule has 1 aromatic rings. The van der Waals surface area contributed by atoms with Crippen LogP contribution < -0.4 is 16.2 Å². The normalized spacial score (nSPS) is 9.67. The van der Waals surface area contributed by atoms with Crippen LogP contribution in [0.1, 0.15) is 11.1 Å². The van der Waals surface area contributed by atoms with Gasteiger partial charge in [-0.2, -0.15) is 0 Å². The van der Waals surface area contributed by atoms with Gasteiger partial charge in [-0.25, -0.2) is 0 Å². The quantitative estimate of drug-likeness (QED) is 0.575. The predicted molar refractivity (Wildman–Crippen MR) is 80.3 cm³/mol. The van der Waals surface area contributed by atoms with Gasteiger partial charge >= 0.3 is 0 Å². The molecule has 0 spiro atoms. The molecule has 0 saturated carbocycles. The summed E-state index contributed by atoms with van der Waals surface area (Å²) in [5.41, 5.74) is 7.57. The molecule has 1 rings (SSSR count). The Kier molecular flexibility index (Phi) is 6.53. The molecule has 0 aliphatic heterocycles. The summed E-state index contributed by atoms with van der Waals surface area (Å²) in [6.07, 6.45) is 0. The summed E-state index contributed by atoms with van der Waals surface area (Å²) in [7, 11) is 1.69. The first-order valence-electron chi connectivity index (χ1n) is 5.51. The van der Waals surface area contributed by atoms with Crippen molar-refractivity contribution in [3.63, 3.8) is 0 Å². The highest BCUT2D eigenvalue weighted by Crippen LogP contribution is 2.12. The minimum Gasteiger partial charge on any atom is -0.364 e. The molecule has 0 radical (unpaired) electrons. The van der Waals surface area contributed by atoms with E-state index in [4.69, 9.17) is 12.2 Å². The standard InChI is InChI=1S/C12H17N3OS2/c1-9-3-5-10(6-4-9)7-18-8-11(16)14-15-12(17)13-2/h3-6H,7-8H2,1-2H3,(H,14,16)(H2,13,15,17). The van der Waals surface area contributed by atoms with E-state index < -0.39 is 0 Å². The van der Waals surface area contributed by atoms with Gasteiger partial charge in [0.05, 0.1) is 5.75 Å². The fraction of sp³-hybridized carbons (Fsp3) is 0.333. The van der Waals surface area contributed by atoms with Crippen LogP contribution in [-0.2, 0) is 10.5 Å². The molecule has 0 atom stereocenters. The highest BCUT2D eigenvalue weighted by atomic mass is 32.2. The van der Waals surface area contributed by atoms with Crippen LogP contribution in [0.3, 0.4) is 0 Å². The Labute approximate surface area is 117 Å². The van der Waals surface area contributed by atoms with Crippen molar-refractivity contribution in [3.05, 3.63) is 35.4 Å². The monoisotopic (exact) mass is 283 g/mol. The fourth-order valence-electron chi connectivity index (χ4n) is 1.17. The highest BCUT2D eigenvalue weighted by Gasteiger charge is 2.02. The van der Waals surface area contributed by atoms with E-state index in [-0.39, 0.29) is 5.91 Å². The average molecular weight is 283 g/mol. The second kappa shape index (κ2) is 7.94. The predicted octanol–water partition coefficient (Wildman–Crippen LogP) is 1.35. The maximum absolute atomic E-state index is 11.4. The van der Waals surface area contributed by atoms with Crippen LogP contribution >= 0.6 is 24.0 Å². The molecule has 0 aliphatic rings. The number of hydrogen-bond donors (Lipinski definition) is 3. The number of thioether (sulfide) groups is 1. The number of hydrogen-bond acceptors (Lipinski definition) is 3. The Morgan fingerprint density at radius 3 is 2.56 bits per heavy atom. The van der Waals surface area contributed by atoms with Crippen LogP contribution in [0.4, 0.5) is 0 Å². The van der Waals surface area contributed by atoms with Crippen LogP contribution in [0.15, 0.2) is 24.3 Å². The summed E-state index contributed by atoms with van der Waals surface area (Å²) in [6.45, 7) is 2.06. The Bertz CT molecular complexity index is 406. The smallest absolute Gasteiger partial charge is 0.248 e. The molecule has 3 N–H and O–H groups in total. The van der Waals surface area contributed by atoms with Gasteiger partial charge in [-0.15, -0.1) is 11.8 Å². The van der Waals surface area contributed by atoms with Crippen LogP contribution in [-0.4, -0.2) is 23.8 Å². The Hall–Kier alpha value is -1.27. The first-order valence-corrected chi connectivity index (χ1v) is 7.08. The molecule has 0 unspecified atom stereocenters. The number of nitrogens with one attached hydrogen (secondary N) is 3. The van der Waals surface area contributed by atoms with Gasteiger partial charge in [-0.3, -0.25) is 15.6 Å². The Morgan fingerprint density at radius 2 is 1.94 bits per heavy atom. The Balaban J connectivity index is 2.19. The van der Waals surface area contributed by atoms with E-state index in [1.54, 1.807) is 18.8 Å². The summed E-state index contributed by atoms with van der Waals surface area (Å²) in [6, 6.07) is 8.30. The fourth-order valence-corrected chi connectivity index (χ4v) is 2.01. The lowest BCUT2D eigenvalue weighted by Crippen LogP contribution is -2.46. The zero-order chi connectivity index (χ0) is 13.4. The first-order chi connectivity index (χ1) is 8.61. The minimum atomic E-state index is -0.0929. The maximum atomic E-state index is 11.4. The zero-order valence-corrected chi connectivity index (χ0v) is 12.1. The third kappa shape index (κ3) is 5.88. The zero-order valence-electron chi connectivity index (χ0n) is 10.4. The summed E-state index contributed by atoms with van der Waals surface area (Å²) in [4.78, 5) is 11.4. The van der Waals surface area contributed by atoms with E-state index in [1.165, 1.54) is 11.1 Å². The molecule has 0 heterocycles. The number of benzene rings is 1. The van der Waals surface area contributed by atoms with Gasteiger partial charge < -0.3 is 5.32 Å². The van der Waals surface area contributed by atoms with Crippen molar-refractivity contribution in [1.82, 2.24) is 16.2 Å². The summed E-state index contributed by atoms with van der Waals surface area (Å²) < 4.78 is 0. The molecule has 98 valence electrons. The van der Waals surface area contributed by atoms with Crippen molar-refractivity contribution in [2.75, 3.05) is 12.8 Å². The Morgan fingerprint density at radius 1 is 1.28 bits per heavy atom. The van der Waals surface area contributed by atoms with E-state index >= 15 is 0 Å². The van der Waals surface area contributed by atoms with Crippen LogP contribution in [0, 0.1) is 6.92 Å². The molecule has 0 aromatic heterocycles. The highest BCUT2D eigenvalue weighted by molar-refractivity contribution is 7.99. The lowest BCUT2D eigenvalue weighted by Gasteiger charge is -2.08. The number of hydrazine groups is 1. The maximum Gasteiger partial charge on any atom is 0.248 e. The lowest BCUT2D eigenvalue weighted by molar-refractivity contribution is -0.119. The number of aryl methyl sites for hydroxylation is 1. The van der Waals surface area contributed by atoms with Crippen LogP contribution in [0.25, 0.3) is 0 Å². The van der Waals surface area contributed by atoms with Crippen LogP contribution in [0.5, 0.6) is 0 Å². The van der Waals surface area contributed by atoms with Gasteiger partial charge in [-0.1, -0.05) is 29.8 Å². The van der Waals surface area contributed by atoms with Crippen molar-refractivity contribution >= 4 is 35.0 Å². The minimum absolute atomic E-state index is 0.0929. The number of amides is 1. The number of carbonyl (C=O) groups excluding carboxylic acids is 1. The van der Waals surface area contributed by atoms with Crippen molar-refractivity contribution < 1.29 is 4.79 Å². The largest absolute Gasteiger partial charge is 0.364 e. The van der Waals surface area contributed by atoms with Gasteiger partial charge in [-0.05, 0) is 24.7 Å². The first kappa shape index (κ1) is 14.8. The lowest BCUT2D eigenvalue weighted by atomic mass is 10.2.